The summed E-state index contributed by atoms with van der Waals surface area (Å²) in [6.45, 7) is 2.04. The number of sulfonamides is 1. The highest BCUT2D eigenvalue weighted by Gasteiger charge is 2.30. The lowest BCUT2D eigenvalue weighted by Gasteiger charge is -2.28. The van der Waals surface area contributed by atoms with Crippen molar-refractivity contribution in [3.05, 3.63) is 58.6 Å². The van der Waals surface area contributed by atoms with E-state index in [1.54, 1.807) is 29.2 Å². The fourth-order valence-corrected chi connectivity index (χ4v) is 4.61. The largest absolute Gasteiger partial charge is 0.324 e. The van der Waals surface area contributed by atoms with Crippen LogP contribution in [0.5, 0.6) is 0 Å². The van der Waals surface area contributed by atoms with E-state index < -0.39 is 26.9 Å². The number of hydrogen-bond donors (Lipinski definition) is 1. The predicted octanol–water partition coefficient (Wildman–Crippen LogP) is 2.51. The average Bonchev–Trinajstić information content (AvgIpc) is 3.13. The van der Waals surface area contributed by atoms with Crippen molar-refractivity contribution in [2.75, 3.05) is 27.3 Å². The number of benzene rings is 2. The van der Waals surface area contributed by atoms with Gasteiger partial charge in [-0.15, -0.1) is 0 Å². The quantitative estimate of drug-likeness (QED) is 0.514. The molecule has 0 spiro atoms. The number of nitrogens with one attached hydrogen (secondary N) is 1. The molecule has 11 heteroatoms. The van der Waals surface area contributed by atoms with Crippen molar-refractivity contribution in [1.29, 1.82) is 0 Å². The Hall–Kier alpha value is -3.47. The fourth-order valence-electron chi connectivity index (χ4n) is 3.45. The number of nitrogens with zero attached hydrogens (tertiary/aromatic N) is 3. The van der Waals surface area contributed by atoms with Gasteiger partial charge >= 0.3 is 0 Å². The summed E-state index contributed by atoms with van der Waals surface area (Å²) in [5.41, 5.74) is 0.885. The summed E-state index contributed by atoms with van der Waals surface area (Å²) in [6, 6.07) is 10.6. The highest BCUT2D eigenvalue weighted by atomic mass is 32.2. The Balaban J connectivity index is 1.80. The Morgan fingerprint density at radius 2 is 1.90 bits per heavy atom. The molecule has 1 aliphatic rings. The van der Waals surface area contributed by atoms with Gasteiger partial charge in [-0.1, -0.05) is 6.07 Å². The second-order valence-electron chi connectivity index (χ2n) is 7.20. The third kappa shape index (κ3) is 5.00. The first-order valence-corrected chi connectivity index (χ1v) is 11.4. The predicted molar refractivity (Wildman–Crippen MR) is 117 cm³/mol. The zero-order valence-electron chi connectivity index (χ0n) is 17.0. The molecule has 1 atom stereocenters. The maximum absolute atomic E-state index is 12.8. The second-order valence-corrected chi connectivity index (χ2v) is 9.06. The number of hydrogen-bond acceptors (Lipinski definition) is 6. The molecule has 2 amide bonds. The molecule has 0 aromatic heterocycles. The molecule has 2 aromatic rings. The van der Waals surface area contributed by atoms with Crippen molar-refractivity contribution >= 4 is 44.6 Å². The van der Waals surface area contributed by atoms with Crippen molar-refractivity contribution in [2.45, 2.75) is 25.8 Å². The summed E-state index contributed by atoms with van der Waals surface area (Å²) in [6.07, 6.45) is 2.24. The van der Waals surface area contributed by atoms with Crippen LogP contribution in [0.1, 0.15) is 19.8 Å². The van der Waals surface area contributed by atoms with Gasteiger partial charge in [0.25, 0.3) is 5.69 Å². The van der Waals surface area contributed by atoms with E-state index in [0.717, 1.165) is 28.7 Å². The van der Waals surface area contributed by atoms with Crippen LogP contribution in [0, 0.1) is 10.1 Å². The molecular formula is C20H22N4O6S. The Kier molecular flexibility index (Phi) is 6.25. The number of carbonyl (C=O) groups excluding carboxylic acids is 2. The zero-order chi connectivity index (χ0) is 22.8. The van der Waals surface area contributed by atoms with Crippen molar-refractivity contribution in [3.8, 4) is 0 Å². The van der Waals surface area contributed by atoms with Gasteiger partial charge < -0.3 is 10.2 Å². The van der Waals surface area contributed by atoms with Crippen molar-refractivity contribution in [3.63, 3.8) is 0 Å². The molecule has 0 bridgehead atoms. The topological polar surface area (TPSA) is 130 Å². The maximum atomic E-state index is 12.8. The molecular weight excluding hydrogens is 424 g/mol. The summed E-state index contributed by atoms with van der Waals surface area (Å²) < 4.78 is 25.6. The molecule has 31 heavy (non-hydrogen) atoms. The molecule has 0 radical (unpaired) electrons. The van der Waals surface area contributed by atoms with E-state index in [4.69, 9.17) is 0 Å². The van der Waals surface area contributed by atoms with Gasteiger partial charge in [-0.2, -0.15) is 0 Å². The molecule has 10 nitrogen and oxygen atoms in total. The molecule has 164 valence electrons. The molecule has 0 aliphatic carbocycles. The number of rotatable bonds is 7. The first kappa shape index (κ1) is 22.2. The van der Waals surface area contributed by atoms with Crippen molar-refractivity contribution in [2.24, 2.45) is 0 Å². The second kappa shape index (κ2) is 8.72. The van der Waals surface area contributed by atoms with E-state index >= 15 is 0 Å². The van der Waals surface area contributed by atoms with E-state index in [-0.39, 0.29) is 17.3 Å². The molecule has 1 saturated heterocycles. The third-order valence-corrected chi connectivity index (χ3v) is 6.15. The van der Waals surface area contributed by atoms with Crippen LogP contribution >= 0.6 is 0 Å². The van der Waals surface area contributed by atoms with Crippen molar-refractivity contribution in [1.82, 2.24) is 0 Å². The Morgan fingerprint density at radius 1 is 1.23 bits per heavy atom. The van der Waals surface area contributed by atoms with Gasteiger partial charge in [-0.05, 0) is 43.7 Å². The number of non-ortho nitro benzene ring substituents is 1. The molecule has 1 heterocycles. The summed E-state index contributed by atoms with van der Waals surface area (Å²) in [4.78, 5) is 36.7. The Bertz CT molecular complexity index is 1120. The zero-order valence-corrected chi connectivity index (χ0v) is 17.8. The minimum atomic E-state index is -3.92. The van der Waals surface area contributed by atoms with Gasteiger partial charge in [0.2, 0.25) is 21.8 Å². The van der Waals surface area contributed by atoms with E-state index in [9.17, 15) is 28.1 Å². The molecule has 2 aromatic carbocycles. The lowest BCUT2D eigenvalue weighted by Crippen LogP contribution is -2.45. The number of nitro groups is 1. The normalized spacial score (nSPS) is 14.9. The van der Waals surface area contributed by atoms with Gasteiger partial charge in [0.05, 0.1) is 16.9 Å². The van der Waals surface area contributed by atoms with Gasteiger partial charge in [0.15, 0.2) is 0 Å². The van der Waals surface area contributed by atoms with Crippen LogP contribution in [-0.4, -0.2) is 44.0 Å². The third-order valence-electron chi connectivity index (χ3n) is 4.90. The smallest absolute Gasteiger partial charge is 0.271 e. The van der Waals surface area contributed by atoms with Crippen LogP contribution in [0.25, 0.3) is 0 Å². The first-order valence-electron chi connectivity index (χ1n) is 9.53. The van der Waals surface area contributed by atoms with Crippen molar-refractivity contribution < 1.29 is 22.9 Å². The van der Waals surface area contributed by atoms with E-state index in [2.05, 4.69) is 5.32 Å². The molecule has 1 fully saturated rings. The Labute approximate surface area is 179 Å². The number of amides is 2. The van der Waals surface area contributed by atoms with Crippen LogP contribution < -0.4 is 14.5 Å². The van der Waals surface area contributed by atoms with E-state index in [0.29, 0.717) is 18.7 Å². The van der Waals surface area contributed by atoms with E-state index in [1.165, 1.54) is 25.1 Å². The first-order chi connectivity index (χ1) is 14.6. The monoisotopic (exact) mass is 446 g/mol. The summed E-state index contributed by atoms with van der Waals surface area (Å²) >= 11 is 0. The standard InChI is InChI=1S/C20H22N4O6S/c1-14(23(31(2,29)30)17-5-3-6-18(13-17)24(27)28)20(26)21-15-8-10-16(11-9-15)22-12-4-7-19(22)25/h3,5-6,8-11,13-14H,4,7,12H2,1-2H3,(H,21,26). The minimum Gasteiger partial charge on any atom is -0.324 e. The minimum absolute atomic E-state index is 0.0160. The lowest BCUT2D eigenvalue weighted by molar-refractivity contribution is -0.384. The van der Waals surface area contributed by atoms with E-state index in [1.807, 2.05) is 0 Å². The number of carbonyl (C=O) groups is 2. The Morgan fingerprint density at radius 3 is 2.45 bits per heavy atom. The summed E-state index contributed by atoms with van der Waals surface area (Å²) in [5.74, 6) is -0.562. The summed E-state index contributed by atoms with van der Waals surface area (Å²) in [5, 5.41) is 13.7. The molecule has 1 N–H and O–H groups in total. The van der Waals surface area contributed by atoms with Crippen LogP contribution in [0.2, 0.25) is 0 Å². The average molecular weight is 446 g/mol. The summed E-state index contributed by atoms with van der Waals surface area (Å²) in [7, 11) is -3.92. The molecule has 3 rings (SSSR count). The van der Waals surface area contributed by atoms with Gasteiger partial charge in [-0.3, -0.25) is 24.0 Å². The van der Waals surface area contributed by atoms with Crippen LogP contribution in [-0.2, 0) is 19.6 Å². The van der Waals surface area contributed by atoms with Gasteiger partial charge in [-0.25, -0.2) is 8.42 Å². The highest BCUT2D eigenvalue weighted by molar-refractivity contribution is 7.92. The molecule has 1 unspecified atom stereocenters. The number of anilines is 3. The van der Waals surface area contributed by atoms with Gasteiger partial charge in [0, 0.05) is 36.5 Å². The van der Waals surface area contributed by atoms with Gasteiger partial charge in [0.1, 0.15) is 6.04 Å². The maximum Gasteiger partial charge on any atom is 0.271 e. The lowest BCUT2D eigenvalue weighted by atomic mass is 10.2. The molecule has 1 aliphatic heterocycles. The van der Waals surface area contributed by atoms with Crippen LogP contribution in [0.3, 0.4) is 0 Å². The van der Waals surface area contributed by atoms with Crippen LogP contribution in [0.4, 0.5) is 22.7 Å². The molecule has 0 saturated carbocycles. The highest BCUT2D eigenvalue weighted by Crippen LogP contribution is 2.27. The SMILES string of the molecule is CC(C(=O)Nc1ccc(N2CCCC2=O)cc1)N(c1cccc([N+](=O)[O-])c1)S(C)(=O)=O. The fraction of sp³-hybridized carbons (Fsp3) is 0.300. The number of nitro benzene ring substituents is 1. The van der Waals surface area contributed by atoms with Crippen LogP contribution in [0.15, 0.2) is 48.5 Å².